The molecule has 14 heavy (non-hydrogen) atoms. The first-order valence-corrected chi connectivity index (χ1v) is 4.94. The maximum absolute atomic E-state index is 5.77. The highest BCUT2D eigenvalue weighted by Crippen LogP contribution is 2.21. The number of nitrogen functional groups attached to an aromatic ring is 1. The van der Waals surface area contributed by atoms with E-state index in [2.05, 4.69) is 18.3 Å². The van der Waals surface area contributed by atoms with Gasteiger partial charge in [0.1, 0.15) is 0 Å². The minimum absolute atomic E-state index is 0.298. The summed E-state index contributed by atoms with van der Waals surface area (Å²) < 4.78 is 5.43. The van der Waals surface area contributed by atoms with Crippen LogP contribution in [-0.2, 0) is 4.74 Å². The second-order valence-corrected chi connectivity index (χ2v) is 3.70. The maximum Gasteiger partial charge on any atom is 0.0662 e. The third-order valence-electron chi connectivity index (χ3n) is 2.60. The number of hydrogen-bond acceptors (Lipinski definition) is 3. The smallest absolute Gasteiger partial charge is 0.0662 e. The molecule has 1 atom stereocenters. The maximum atomic E-state index is 5.77. The van der Waals surface area contributed by atoms with Gasteiger partial charge in [-0.25, -0.2) is 0 Å². The van der Waals surface area contributed by atoms with Gasteiger partial charge < -0.3 is 15.8 Å². The molecule has 1 aliphatic heterocycles. The lowest BCUT2D eigenvalue weighted by atomic mass is 10.0. The molecule has 1 heterocycles. The molecule has 0 saturated carbocycles. The minimum Gasteiger partial charge on any atom is -0.399 e. The van der Waals surface area contributed by atoms with E-state index in [1.165, 1.54) is 11.1 Å². The molecule has 76 valence electrons. The lowest BCUT2D eigenvalue weighted by Crippen LogP contribution is -2.34. The Morgan fingerprint density at radius 2 is 2.36 bits per heavy atom. The molecule has 0 bridgehead atoms. The van der Waals surface area contributed by atoms with Crippen LogP contribution in [0.2, 0.25) is 0 Å². The van der Waals surface area contributed by atoms with Crippen LogP contribution in [0.4, 0.5) is 5.69 Å². The van der Waals surface area contributed by atoms with Gasteiger partial charge in [-0.3, -0.25) is 0 Å². The Labute approximate surface area is 84.3 Å². The fourth-order valence-electron chi connectivity index (χ4n) is 1.80. The van der Waals surface area contributed by atoms with Gasteiger partial charge in [0.25, 0.3) is 0 Å². The SMILES string of the molecule is Cc1ccc(N)cc1C1COCCN1. The predicted octanol–water partition coefficient (Wildman–Crippen LogP) is 1.24. The van der Waals surface area contributed by atoms with E-state index in [-0.39, 0.29) is 0 Å². The molecule has 1 fully saturated rings. The van der Waals surface area contributed by atoms with Crippen LogP contribution in [0.3, 0.4) is 0 Å². The van der Waals surface area contributed by atoms with E-state index in [9.17, 15) is 0 Å². The molecule has 1 aliphatic rings. The second kappa shape index (κ2) is 3.98. The van der Waals surface area contributed by atoms with E-state index in [1.54, 1.807) is 0 Å². The summed E-state index contributed by atoms with van der Waals surface area (Å²) in [7, 11) is 0. The monoisotopic (exact) mass is 192 g/mol. The van der Waals surface area contributed by atoms with Gasteiger partial charge in [-0.2, -0.15) is 0 Å². The molecule has 1 unspecified atom stereocenters. The van der Waals surface area contributed by atoms with Gasteiger partial charge >= 0.3 is 0 Å². The first kappa shape index (κ1) is 9.49. The number of nitrogens with two attached hydrogens (primary N) is 1. The highest BCUT2D eigenvalue weighted by molar-refractivity contribution is 5.45. The number of nitrogens with one attached hydrogen (secondary N) is 1. The van der Waals surface area contributed by atoms with Crippen molar-refractivity contribution in [1.82, 2.24) is 5.32 Å². The van der Waals surface area contributed by atoms with Crippen molar-refractivity contribution >= 4 is 5.69 Å². The van der Waals surface area contributed by atoms with Crippen LogP contribution in [-0.4, -0.2) is 19.8 Å². The lowest BCUT2D eigenvalue weighted by Gasteiger charge is -2.25. The van der Waals surface area contributed by atoms with Crippen molar-refractivity contribution in [1.29, 1.82) is 0 Å². The van der Waals surface area contributed by atoms with Crippen LogP contribution >= 0.6 is 0 Å². The van der Waals surface area contributed by atoms with Crippen molar-refractivity contribution in [3.8, 4) is 0 Å². The Morgan fingerprint density at radius 1 is 1.50 bits per heavy atom. The largest absolute Gasteiger partial charge is 0.399 e. The highest BCUT2D eigenvalue weighted by Gasteiger charge is 2.16. The van der Waals surface area contributed by atoms with E-state index in [0.29, 0.717) is 6.04 Å². The zero-order valence-corrected chi connectivity index (χ0v) is 8.42. The molecule has 2 rings (SSSR count). The molecule has 0 aromatic heterocycles. The fraction of sp³-hybridized carbons (Fsp3) is 0.455. The van der Waals surface area contributed by atoms with Gasteiger partial charge in [0.15, 0.2) is 0 Å². The van der Waals surface area contributed by atoms with Gasteiger partial charge in [-0.1, -0.05) is 6.07 Å². The van der Waals surface area contributed by atoms with Crippen LogP contribution in [0.5, 0.6) is 0 Å². The Kier molecular flexibility index (Phi) is 2.70. The number of hydrogen-bond donors (Lipinski definition) is 2. The highest BCUT2D eigenvalue weighted by atomic mass is 16.5. The van der Waals surface area contributed by atoms with Crippen LogP contribution < -0.4 is 11.1 Å². The summed E-state index contributed by atoms with van der Waals surface area (Å²) in [6, 6.07) is 6.32. The topological polar surface area (TPSA) is 47.3 Å². The molecule has 3 N–H and O–H groups in total. The van der Waals surface area contributed by atoms with Gasteiger partial charge in [-0.15, -0.1) is 0 Å². The number of anilines is 1. The summed E-state index contributed by atoms with van der Waals surface area (Å²) in [4.78, 5) is 0. The normalized spacial score (nSPS) is 22.2. The molecule has 0 spiro atoms. The first-order valence-electron chi connectivity index (χ1n) is 4.94. The Hall–Kier alpha value is -1.06. The predicted molar refractivity (Wildman–Crippen MR) is 57.2 cm³/mol. The quantitative estimate of drug-likeness (QED) is 0.658. The number of benzene rings is 1. The van der Waals surface area contributed by atoms with Gasteiger partial charge in [0, 0.05) is 12.2 Å². The average molecular weight is 192 g/mol. The molecule has 3 nitrogen and oxygen atoms in total. The molecule has 3 heteroatoms. The van der Waals surface area contributed by atoms with Gasteiger partial charge in [0.2, 0.25) is 0 Å². The molecule has 1 aromatic carbocycles. The van der Waals surface area contributed by atoms with Crippen molar-refractivity contribution in [2.45, 2.75) is 13.0 Å². The zero-order valence-electron chi connectivity index (χ0n) is 8.42. The molecule has 0 amide bonds. The molecule has 1 saturated heterocycles. The molecular formula is C11H16N2O. The molecule has 0 aliphatic carbocycles. The second-order valence-electron chi connectivity index (χ2n) is 3.70. The van der Waals surface area contributed by atoms with E-state index in [4.69, 9.17) is 10.5 Å². The zero-order chi connectivity index (χ0) is 9.97. The van der Waals surface area contributed by atoms with Crippen LogP contribution in [0.1, 0.15) is 17.2 Å². The van der Waals surface area contributed by atoms with Gasteiger partial charge in [0.05, 0.1) is 19.3 Å². The number of aryl methyl sites for hydroxylation is 1. The van der Waals surface area contributed by atoms with Crippen LogP contribution in [0, 0.1) is 6.92 Å². The summed E-state index contributed by atoms with van der Waals surface area (Å²) in [5.41, 5.74) is 9.10. The number of rotatable bonds is 1. The van der Waals surface area contributed by atoms with Crippen molar-refractivity contribution in [3.05, 3.63) is 29.3 Å². The fourth-order valence-corrected chi connectivity index (χ4v) is 1.80. The summed E-state index contributed by atoms with van der Waals surface area (Å²) in [6.07, 6.45) is 0. The van der Waals surface area contributed by atoms with E-state index in [0.717, 1.165) is 25.4 Å². The Balaban J connectivity index is 2.24. The van der Waals surface area contributed by atoms with Crippen LogP contribution in [0.15, 0.2) is 18.2 Å². The van der Waals surface area contributed by atoms with Crippen molar-refractivity contribution in [2.75, 3.05) is 25.5 Å². The standard InChI is InChI=1S/C11H16N2O/c1-8-2-3-9(12)6-10(8)11-7-14-5-4-13-11/h2-3,6,11,13H,4-5,7,12H2,1H3. The van der Waals surface area contributed by atoms with Gasteiger partial charge in [-0.05, 0) is 30.2 Å². The summed E-state index contributed by atoms with van der Waals surface area (Å²) in [6.45, 7) is 4.56. The molecule has 0 radical (unpaired) electrons. The van der Waals surface area contributed by atoms with Crippen molar-refractivity contribution in [2.24, 2.45) is 0 Å². The minimum atomic E-state index is 0.298. The average Bonchev–Trinajstić information content (AvgIpc) is 2.23. The number of ether oxygens (including phenoxy) is 1. The Bertz CT molecular complexity index is 319. The summed E-state index contributed by atoms with van der Waals surface area (Å²) in [5, 5.41) is 3.42. The third-order valence-corrected chi connectivity index (χ3v) is 2.60. The summed E-state index contributed by atoms with van der Waals surface area (Å²) in [5.74, 6) is 0. The Morgan fingerprint density at radius 3 is 3.07 bits per heavy atom. The first-order chi connectivity index (χ1) is 6.77. The van der Waals surface area contributed by atoms with E-state index < -0.39 is 0 Å². The number of morpholine rings is 1. The third kappa shape index (κ3) is 1.89. The van der Waals surface area contributed by atoms with E-state index >= 15 is 0 Å². The lowest BCUT2D eigenvalue weighted by molar-refractivity contribution is 0.0767. The van der Waals surface area contributed by atoms with Crippen molar-refractivity contribution in [3.63, 3.8) is 0 Å². The van der Waals surface area contributed by atoms with Crippen LogP contribution in [0.25, 0.3) is 0 Å². The molecular weight excluding hydrogens is 176 g/mol. The summed E-state index contributed by atoms with van der Waals surface area (Å²) >= 11 is 0. The van der Waals surface area contributed by atoms with E-state index in [1.807, 2.05) is 12.1 Å². The molecule has 1 aromatic rings. The van der Waals surface area contributed by atoms with Crippen molar-refractivity contribution < 1.29 is 4.74 Å².